The van der Waals surface area contributed by atoms with Gasteiger partial charge in [-0.25, -0.2) is 0 Å². The molecule has 0 spiro atoms. The van der Waals surface area contributed by atoms with Gasteiger partial charge in [-0.05, 0) is 37.3 Å². The number of hydrogen-bond donors (Lipinski definition) is 0. The summed E-state index contributed by atoms with van der Waals surface area (Å²) in [6.45, 7) is 3.71. The number of rotatable bonds is 8. The topological polar surface area (TPSA) is 21.6 Å². The van der Waals surface area contributed by atoms with Crippen LogP contribution >= 0.6 is 0 Å². The van der Waals surface area contributed by atoms with E-state index in [1.807, 2.05) is 18.2 Å². The van der Waals surface area contributed by atoms with Crippen molar-refractivity contribution in [3.8, 4) is 0 Å². The monoisotopic (exact) mass is 243 g/mol. The van der Waals surface area contributed by atoms with Gasteiger partial charge in [-0.2, -0.15) is 0 Å². The second kappa shape index (κ2) is 9.23. The Balaban J connectivity index is 2.37. The first kappa shape index (κ1) is 14.2. The molecule has 0 aliphatic heterocycles. The van der Waals surface area contributed by atoms with Gasteiger partial charge in [0.05, 0.1) is 5.71 Å². The molecule has 0 N–H and O–H groups in total. The molecular weight excluding hydrogens is 222 g/mol. The summed E-state index contributed by atoms with van der Waals surface area (Å²) in [5.41, 5.74) is 2.32. The van der Waals surface area contributed by atoms with E-state index in [2.05, 4.69) is 42.1 Å². The van der Waals surface area contributed by atoms with Crippen molar-refractivity contribution in [3.63, 3.8) is 0 Å². The molecule has 2 heteroatoms. The minimum Gasteiger partial charge on any atom is -0.399 e. The molecule has 1 rings (SSSR count). The molecule has 0 unspecified atom stereocenters. The van der Waals surface area contributed by atoms with Gasteiger partial charge in [-0.3, -0.25) is 0 Å². The van der Waals surface area contributed by atoms with Crippen molar-refractivity contribution < 1.29 is 4.84 Å². The van der Waals surface area contributed by atoms with Gasteiger partial charge >= 0.3 is 0 Å². The van der Waals surface area contributed by atoms with Crippen molar-refractivity contribution in [1.29, 1.82) is 0 Å². The van der Waals surface area contributed by atoms with Gasteiger partial charge in [-0.1, -0.05) is 47.6 Å². The molecule has 1 aromatic rings. The van der Waals surface area contributed by atoms with Gasteiger partial charge in [0.25, 0.3) is 0 Å². The van der Waals surface area contributed by atoms with E-state index in [-0.39, 0.29) is 0 Å². The standard InChI is InChI=1S/C16H21NO/c1-3-4-13-16(17-18-2)14-9-8-12-15-10-6-5-7-11-15/h3,5-7,9-11,14H,1,4,8,12-13H2,2H3/b14-9+,17-16+. The first-order chi connectivity index (χ1) is 8.86. The van der Waals surface area contributed by atoms with Crippen LogP contribution in [0.5, 0.6) is 0 Å². The van der Waals surface area contributed by atoms with Gasteiger partial charge in [0.2, 0.25) is 0 Å². The minimum absolute atomic E-state index is 0.874. The number of allylic oxidation sites excluding steroid dienone is 3. The van der Waals surface area contributed by atoms with E-state index < -0.39 is 0 Å². The molecular formula is C16H21NO. The molecule has 0 heterocycles. The lowest BCUT2D eigenvalue weighted by Gasteiger charge is -1.99. The third-order valence-electron chi connectivity index (χ3n) is 2.57. The summed E-state index contributed by atoms with van der Waals surface area (Å²) in [6, 6.07) is 10.5. The van der Waals surface area contributed by atoms with Gasteiger partial charge in [-0.15, -0.1) is 6.58 Å². The summed E-state index contributed by atoms with van der Waals surface area (Å²) in [4.78, 5) is 4.82. The van der Waals surface area contributed by atoms with Crippen LogP contribution in [0.2, 0.25) is 0 Å². The lowest BCUT2D eigenvalue weighted by molar-refractivity contribution is 0.213. The van der Waals surface area contributed by atoms with E-state index in [1.54, 1.807) is 7.11 Å². The molecule has 96 valence electrons. The predicted molar refractivity (Wildman–Crippen MR) is 77.8 cm³/mol. The fourth-order valence-corrected chi connectivity index (χ4v) is 1.64. The summed E-state index contributed by atoms with van der Waals surface area (Å²) < 4.78 is 0. The maximum Gasteiger partial charge on any atom is 0.106 e. The highest BCUT2D eigenvalue weighted by atomic mass is 16.6. The molecule has 0 aliphatic rings. The summed E-state index contributed by atoms with van der Waals surface area (Å²) in [5.74, 6) is 0. The molecule has 2 nitrogen and oxygen atoms in total. The van der Waals surface area contributed by atoms with Gasteiger partial charge < -0.3 is 4.84 Å². The maximum atomic E-state index is 4.82. The molecule has 1 aromatic carbocycles. The molecule has 0 amide bonds. The smallest absolute Gasteiger partial charge is 0.106 e. The first-order valence-electron chi connectivity index (χ1n) is 6.28. The van der Waals surface area contributed by atoms with Crippen molar-refractivity contribution in [1.82, 2.24) is 0 Å². The molecule has 0 aliphatic carbocycles. The Kier molecular flexibility index (Phi) is 7.29. The number of oxime groups is 1. The SMILES string of the molecule is C=CCCC(/C=C/CCc1ccccc1)=N\OC. The third kappa shape index (κ3) is 6.04. The van der Waals surface area contributed by atoms with E-state index >= 15 is 0 Å². The number of benzene rings is 1. The Morgan fingerprint density at radius 2 is 2.06 bits per heavy atom. The van der Waals surface area contributed by atoms with Crippen LogP contribution in [-0.2, 0) is 11.3 Å². The third-order valence-corrected chi connectivity index (χ3v) is 2.57. The van der Waals surface area contributed by atoms with Crippen LogP contribution in [0.3, 0.4) is 0 Å². The second-order valence-corrected chi connectivity index (χ2v) is 4.02. The second-order valence-electron chi connectivity index (χ2n) is 4.02. The maximum absolute atomic E-state index is 4.82. The summed E-state index contributed by atoms with van der Waals surface area (Å²) in [6.07, 6.45) is 9.94. The molecule has 0 fully saturated rings. The lowest BCUT2D eigenvalue weighted by Crippen LogP contribution is -1.94. The Morgan fingerprint density at radius 3 is 2.72 bits per heavy atom. The zero-order valence-electron chi connectivity index (χ0n) is 11.0. The number of hydrogen-bond acceptors (Lipinski definition) is 2. The van der Waals surface area contributed by atoms with Crippen molar-refractivity contribution in [2.75, 3.05) is 7.11 Å². The van der Waals surface area contributed by atoms with Crippen molar-refractivity contribution in [2.45, 2.75) is 25.7 Å². The van der Waals surface area contributed by atoms with E-state index in [9.17, 15) is 0 Å². The van der Waals surface area contributed by atoms with Crippen LogP contribution in [-0.4, -0.2) is 12.8 Å². The predicted octanol–water partition coefficient (Wildman–Crippen LogP) is 4.14. The number of aryl methyl sites for hydroxylation is 1. The van der Waals surface area contributed by atoms with Gasteiger partial charge in [0, 0.05) is 0 Å². The van der Waals surface area contributed by atoms with Crippen LogP contribution in [0.4, 0.5) is 0 Å². The average molecular weight is 243 g/mol. The van der Waals surface area contributed by atoms with E-state index in [0.29, 0.717) is 0 Å². The lowest BCUT2D eigenvalue weighted by atomic mass is 10.1. The Bertz CT molecular complexity index is 393. The van der Waals surface area contributed by atoms with Crippen molar-refractivity contribution >= 4 is 5.71 Å². The quantitative estimate of drug-likeness (QED) is 0.382. The summed E-state index contributed by atoms with van der Waals surface area (Å²) >= 11 is 0. The highest BCUT2D eigenvalue weighted by Gasteiger charge is 1.94. The van der Waals surface area contributed by atoms with Gasteiger partial charge in [0.15, 0.2) is 0 Å². The molecule has 0 saturated heterocycles. The van der Waals surface area contributed by atoms with Crippen LogP contribution < -0.4 is 0 Å². The van der Waals surface area contributed by atoms with Crippen molar-refractivity contribution in [2.24, 2.45) is 5.16 Å². The fourth-order valence-electron chi connectivity index (χ4n) is 1.64. The molecule has 0 aromatic heterocycles. The molecule has 0 bridgehead atoms. The van der Waals surface area contributed by atoms with Crippen LogP contribution in [0, 0.1) is 0 Å². The molecule has 18 heavy (non-hydrogen) atoms. The van der Waals surface area contributed by atoms with E-state index in [4.69, 9.17) is 4.84 Å². The molecule has 0 atom stereocenters. The first-order valence-corrected chi connectivity index (χ1v) is 6.28. The normalized spacial score (nSPS) is 11.7. The average Bonchev–Trinajstić information content (AvgIpc) is 2.42. The van der Waals surface area contributed by atoms with Crippen molar-refractivity contribution in [3.05, 3.63) is 60.7 Å². The molecule has 0 radical (unpaired) electrons. The van der Waals surface area contributed by atoms with Crippen LogP contribution in [0.25, 0.3) is 0 Å². The number of nitrogens with zero attached hydrogens (tertiary/aromatic N) is 1. The molecule has 0 saturated carbocycles. The summed E-state index contributed by atoms with van der Waals surface area (Å²) in [5, 5.41) is 3.99. The van der Waals surface area contributed by atoms with E-state index in [1.165, 1.54) is 5.56 Å². The summed E-state index contributed by atoms with van der Waals surface area (Å²) in [7, 11) is 1.58. The van der Waals surface area contributed by atoms with Gasteiger partial charge in [0.1, 0.15) is 7.11 Å². The van der Waals surface area contributed by atoms with Crippen LogP contribution in [0.15, 0.2) is 60.3 Å². The van der Waals surface area contributed by atoms with E-state index in [0.717, 1.165) is 31.4 Å². The Labute approximate surface area is 110 Å². The highest BCUT2D eigenvalue weighted by Crippen LogP contribution is 2.04. The highest BCUT2D eigenvalue weighted by molar-refractivity contribution is 5.94. The zero-order valence-corrected chi connectivity index (χ0v) is 11.0. The Morgan fingerprint density at radius 1 is 1.28 bits per heavy atom. The zero-order chi connectivity index (χ0) is 13.1. The minimum atomic E-state index is 0.874. The van der Waals surface area contributed by atoms with Crippen LogP contribution in [0.1, 0.15) is 24.8 Å². The largest absolute Gasteiger partial charge is 0.399 e. The Hall–Kier alpha value is -1.83. The fraction of sp³-hybridized carbons (Fsp3) is 0.312.